The van der Waals surface area contributed by atoms with Crippen LogP contribution in [0.25, 0.3) is 0 Å². The first-order chi connectivity index (χ1) is 10.4. The van der Waals surface area contributed by atoms with E-state index in [2.05, 4.69) is 20.4 Å². The van der Waals surface area contributed by atoms with Crippen molar-refractivity contribution in [2.45, 2.75) is 56.5 Å². The Hall–Kier alpha value is -0.913. The maximum absolute atomic E-state index is 12.0. The lowest BCUT2D eigenvalue weighted by Crippen LogP contribution is -2.59. The highest BCUT2D eigenvalue weighted by atomic mass is 32.2. The molecule has 1 N–H and O–H groups in total. The second kappa shape index (κ2) is 8.65. The van der Waals surface area contributed by atoms with Crippen molar-refractivity contribution in [1.29, 1.82) is 0 Å². The van der Waals surface area contributed by atoms with Crippen LogP contribution in [0.1, 0.15) is 39.5 Å². The highest BCUT2D eigenvalue weighted by Gasteiger charge is 2.46. The van der Waals surface area contributed by atoms with E-state index >= 15 is 0 Å². The minimum atomic E-state index is -4.14. The van der Waals surface area contributed by atoms with Gasteiger partial charge in [0.2, 0.25) is 0 Å². The maximum Gasteiger partial charge on any atom is 0.269 e. The summed E-state index contributed by atoms with van der Waals surface area (Å²) in [5.74, 6) is 0. The highest BCUT2D eigenvalue weighted by Crippen LogP contribution is 2.30. The van der Waals surface area contributed by atoms with E-state index in [1.807, 2.05) is 30.3 Å². The Balaban J connectivity index is 3.45. The second-order valence-electron chi connectivity index (χ2n) is 5.90. The van der Waals surface area contributed by atoms with Crippen LogP contribution in [0, 0.1) is 0 Å². The van der Waals surface area contributed by atoms with E-state index < -0.39 is 23.1 Å². The van der Waals surface area contributed by atoms with Gasteiger partial charge in [0.05, 0.1) is 0 Å². The smallest absolute Gasteiger partial charge is 0.269 e. The van der Waals surface area contributed by atoms with Crippen LogP contribution in [0.5, 0.6) is 0 Å². The van der Waals surface area contributed by atoms with Crippen molar-refractivity contribution in [3.63, 3.8) is 0 Å². The number of rotatable bonds is 10. The van der Waals surface area contributed by atoms with Gasteiger partial charge in [-0.05, 0) is 0 Å². The Bertz CT molecular complexity index is 547. The van der Waals surface area contributed by atoms with E-state index in [1.165, 1.54) is 6.08 Å². The summed E-state index contributed by atoms with van der Waals surface area (Å²) in [6, 6.07) is 11.6. The third kappa shape index (κ3) is 4.54. The Kier molecular flexibility index (Phi) is 7.52. The molecule has 0 saturated carbocycles. The summed E-state index contributed by atoms with van der Waals surface area (Å²) in [6.45, 7) is 7.95. The van der Waals surface area contributed by atoms with Gasteiger partial charge in [-0.3, -0.25) is 4.55 Å². The van der Waals surface area contributed by atoms with Crippen molar-refractivity contribution in [3.8, 4) is 0 Å². The molecule has 0 radical (unpaired) electrons. The van der Waals surface area contributed by atoms with Crippen molar-refractivity contribution < 1.29 is 13.0 Å². The fourth-order valence-electron chi connectivity index (χ4n) is 3.25. The summed E-state index contributed by atoms with van der Waals surface area (Å²) in [5.41, 5.74) is 0. The minimum Gasteiger partial charge on any atom is -0.285 e. The van der Waals surface area contributed by atoms with E-state index in [0.29, 0.717) is 0 Å². The van der Waals surface area contributed by atoms with E-state index in [4.69, 9.17) is 0 Å². The molecule has 1 aromatic carbocycles. The molecule has 0 spiro atoms. The van der Waals surface area contributed by atoms with Crippen molar-refractivity contribution in [1.82, 2.24) is 0 Å². The molecule has 1 rings (SSSR count). The summed E-state index contributed by atoms with van der Waals surface area (Å²) in [4.78, 5) is -0.833. The second-order valence-corrected chi connectivity index (χ2v) is 12.4. The molecule has 0 amide bonds. The van der Waals surface area contributed by atoms with Crippen LogP contribution < -0.4 is 5.19 Å². The van der Waals surface area contributed by atoms with Gasteiger partial charge in [0, 0.05) is 0 Å². The molecule has 0 heterocycles. The monoisotopic (exact) mass is 340 g/mol. The molecule has 0 bridgehead atoms. The standard InChI is InChI=1S/C17H28O3SSi/c1-4-7-14-22(15-8-5-2,16-12-10-9-11-13-16)17(6-3)21(18,19)20/h6,9-13,17H,3-5,7-8,14-15H2,1-2H3,(H,18,19,20). The lowest BCUT2D eigenvalue weighted by Gasteiger charge is -2.36. The first-order valence-corrected chi connectivity index (χ1v) is 12.1. The van der Waals surface area contributed by atoms with Crippen LogP contribution in [0.15, 0.2) is 43.0 Å². The fourth-order valence-corrected chi connectivity index (χ4v) is 11.9. The predicted molar refractivity (Wildman–Crippen MR) is 96.8 cm³/mol. The zero-order valence-electron chi connectivity index (χ0n) is 13.7. The summed E-state index contributed by atoms with van der Waals surface area (Å²) in [7, 11) is -6.57. The van der Waals surface area contributed by atoms with Gasteiger partial charge >= 0.3 is 0 Å². The molecule has 0 fully saturated rings. The summed E-state index contributed by atoms with van der Waals surface area (Å²) in [6.07, 6.45) is 5.45. The van der Waals surface area contributed by atoms with Gasteiger partial charge in [0.1, 0.15) is 12.9 Å². The molecule has 1 aromatic rings. The zero-order chi connectivity index (χ0) is 16.6. The molecule has 3 nitrogen and oxygen atoms in total. The maximum atomic E-state index is 12.0. The first kappa shape index (κ1) is 19.1. The van der Waals surface area contributed by atoms with Crippen LogP contribution in [0.3, 0.4) is 0 Å². The molecule has 1 unspecified atom stereocenters. The Morgan fingerprint density at radius 3 is 2.00 bits per heavy atom. The third-order valence-corrected chi connectivity index (χ3v) is 12.8. The molecule has 1 atom stereocenters. The summed E-state index contributed by atoms with van der Waals surface area (Å²) < 4.78 is 33.9. The van der Waals surface area contributed by atoms with Gasteiger partial charge in [-0.25, -0.2) is 0 Å². The van der Waals surface area contributed by atoms with E-state index in [1.54, 1.807) is 0 Å². The lowest BCUT2D eigenvalue weighted by molar-refractivity contribution is 0.482. The van der Waals surface area contributed by atoms with Crippen LogP contribution in [0.4, 0.5) is 0 Å². The van der Waals surface area contributed by atoms with Crippen LogP contribution in [0.2, 0.25) is 12.1 Å². The molecule has 5 heteroatoms. The van der Waals surface area contributed by atoms with E-state index in [9.17, 15) is 13.0 Å². The highest BCUT2D eigenvalue weighted by molar-refractivity contribution is 7.89. The lowest BCUT2D eigenvalue weighted by atomic mass is 10.4. The average Bonchev–Trinajstić information content (AvgIpc) is 2.49. The fraction of sp³-hybridized carbons (Fsp3) is 0.529. The number of unbranched alkanes of at least 4 members (excludes halogenated alkanes) is 2. The van der Waals surface area contributed by atoms with E-state index in [-0.39, 0.29) is 0 Å². The Morgan fingerprint density at radius 2 is 1.64 bits per heavy atom. The Morgan fingerprint density at radius 1 is 1.14 bits per heavy atom. The zero-order valence-corrected chi connectivity index (χ0v) is 15.5. The normalized spacial score (nSPS) is 13.8. The van der Waals surface area contributed by atoms with E-state index in [0.717, 1.165) is 43.0 Å². The van der Waals surface area contributed by atoms with Crippen LogP contribution in [-0.4, -0.2) is 25.9 Å². The van der Waals surface area contributed by atoms with Gasteiger partial charge in [0.15, 0.2) is 0 Å². The molecule has 22 heavy (non-hydrogen) atoms. The van der Waals surface area contributed by atoms with Crippen molar-refractivity contribution in [2.24, 2.45) is 0 Å². The van der Waals surface area contributed by atoms with Crippen LogP contribution >= 0.6 is 0 Å². The number of benzene rings is 1. The van der Waals surface area contributed by atoms with Gasteiger partial charge in [-0.15, -0.1) is 6.58 Å². The molecular formula is C17H28O3SSi. The van der Waals surface area contributed by atoms with Crippen LogP contribution in [-0.2, 0) is 10.1 Å². The van der Waals surface area contributed by atoms with Gasteiger partial charge in [0.25, 0.3) is 10.1 Å². The number of hydrogen-bond acceptors (Lipinski definition) is 2. The third-order valence-electron chi connectivity index (χ3n) is 4.38. The molecule has 0 saturated heterocycles. The predicted octanol–water partition coefficient (Wildman–Crippen LogP) is 3.92. The van der Waals surface area contributed by atoms with Crippen molar-refractivity contribution in [3.05, 3.63) is 43.0 Å². The molecule has 0 aromatic heterocycles. The quantitative estimate of drug-likeness (QED) is 0.399. The minimum absolute atomic E-state index is 0.833. The number of hydrogen-bond donors (Lipinski definition) is 1. The van der Waals surface area contributed by atoms with Crippen molar-refractivity contribution in [2.75, 3.05) is 0 Å². The van der Waals surface area contributed by atoms with Gasteiger partial charge < -0.3 is 0 Å². The average molecular weight is 341 g/mol. The molecular weight excluding hydrogens is 312 g/mol. The molecule has 124 valence electrons. The molecule has 0 aliphatic heterocycles. The van der Waals surface area contributed by atoms with Gasteiger partial charge in [-0.2, -0.15) is 8.42 Å². The summed E-state index contributed by atoms with van der Waals surface area (Å²) in [5, 5.41) is 1.11. The Labute approximate surface area is 136 Å². The largest absolute Gasteiger partial charge is 0.285 e. The molecule has 0 aliphatic carbocycles. The first-order valence-electron chi connectivity index (χ1n) is 8.06. The van der Waals surface area contributed by atoms with Gasteiger partial charge in [-0.1, -0.05) is 93.2 Å². The SMILES string of the molecule is C=CC([Si](CCCC)(CCCC)c1ccccc1)S(=O)(=O)O. The summed E-state index contributed by atoms with van der Waals surface area (Å²) >= 11 is 0. The molecule has 0 aliphatic rings. The van der Waals surface area contributed by atoms with Crippen molar-refractivity contribution >= 4 is 23.4 Å². The topological polar surface area (TPSA) is 54.4 Å².